The lowest BCUT2D eigenvalue weighted by molar-refractivity contribution is -0.115. The van der Waals surface area contributed by atoms with Gasteiger partial charge in [-0.05, 0) is 12.1 Å². The van der Waals surface area contributed by atoms with Crippen LogP contribution in [0.1, 0.15) is 0 Å². The molecular formula is C11H16N2O3. The monoisotopic (exact) mass is 224 g/mol. The van der Waals surface area contributed by atoms with Crippen LogP contribution in [0.3, 0.4) is 0 Å². The highest BCUT2D eigenvalue weighted by Gasteiger charge is 2.07. The van der Waals surface area contributed by atoms with E-state index in [2.05, 4.69) is 10.6 Å². The third-order valence-electron chi connectivity index (χ3n) is 2.05. The number of nitrogens with one attached hydrogen (secondary N) is 2. The molecule has 0 unspecified atom stereocenters. The predicted octanol–water partition coefficient (Wildman–Crippen LogP) is -0.432. The van der Waals surface area contributed by atoms with Gasteiger partial charge in [-0.1, -0.05) is 18.2 Å². The van der Waals surface area contributed by atoms with Gasteiger partial charge in [0, 0.05) is 5.69 Å². The molecule has 88 valence electrons. The number of hydrogen-bond donors (Lipinski definition) is 4. The van der Waals surface area contributed by atoms with E-state index in [9.17, 15) is 4.79 Å². The van der Waals surface area contributed by atoms with Crippen molar-refractivity contribution in [2.24, 2.45) is 0 Å². The van der Waals surface area contributed by atoms with Crippen LogP contribution in [-0.4, -0.2) is 41.9 Å². The number of aliphatic hydroxyl groups is 2. The SMILES string of the molecule is O=C(CNC(CO)CO)Nc1ccccc1. The van der Waals surface area contributed by atoms with Crippen molar-refractivity contribution in [1.82, 2.24) is 5.32 Å². The van der Waals surface area contributed by atoms with Gasteiger partial charge in [-0.3, -0.25) is 4.79 Å². The fourth-order valence-corrected chi connectivity index (χ4v) is 1.15. The number of carbonyl (C=O) groups is 1. The normalized spacial score (nSPS) is 10.4. The molecular weight excluding hydrogens is 208 g/mol. The topological polar surface area (TPSA) is 81.6 Å². The van der Waals surface area contributed by atoms with E-state index in [1.807, 2.05) is 18.2 Å². The summed E-state index contributed by atoms with van der Waals surface area (Å²) in [4.78, 5) is 11.4. The minimum Gasteiger partial charge on any atom is -0.395 e. The van der Waals surface area contributed by atoms with E-state index >= 15 is 0 Å². The third-order valence-corrected chi connectivity index (χ3v) is 2.05. The van der Waals surface area contributed by atoms with Crippen molar-refractivity contribution in [3.63, 3.8) is 0 Å². The largest absolute Gasteiger partial charge is 0.395 e. The average molecular weight is 224 g/mol. The van der Waals surface area contributed by atoms with Gasteiger partial charge in [0.25, 0.3) is 0 Å². The lowest BCUT2D eigenvalue weighted by Crippen LogP contribution is -2.40. The number of rotatable bonds is 6. The number of carbonyl (C=O) groups excluding carboxylic acids is 1. The smallest absolute Gasteiger partial charge is 0.238 e. The molecule has 0 aliphatic heterocycles. The average Bonchev–Trinajstić information content (AvgIpc) is 2.31. The first-order valence-corrected chi connectivity index (χ1v) is 5.06. The molecule has 5 nitrogen and oxygen atoms in total. The molecule has 0 aliphatic carbocycles. The Morgan fingerprint density at radius 1 is 1.19 bits per heavy atom. The van der Waals surface area contributed by atoms with Gasteiger partial charge in [-0.15, -0.1) is 0 Å². The summed E-state index contributed by atoms with van der Waals surface area (Å²) in [7, 11) is 0. The molecule has 0 fully saturated rings. The van der Waals surface area contributed by atoms with E-state index < -0.39 is 6.04 Å². The Bertz CT molecular complexity index is 312. The van der Waals surface area contributed by atoms with Crippen LogP contribution >= 0.6 is 0 Å². The van der Waals surface area contributed by atoms with Gasteiger partial charge in [0.15, 0.2) is 0 Å². The molecule has 4 N–H and O–H groups in total. The summed E-state index contributed by atoms with van der Waals surface area (Å²) in [5.41, 5.74) is 0.721. The van der Waals surface area contributed by atoms with Crippen LogP contribution in [0.4, 0.5) is 5.69 Å². The van der Waals surface area contributed by atoms with Crippen molar-refractivity contribution in [2.75, 3.05) is 25.1 Å². The van der Waals surface area contributed by atoms with Crippen LogP contribution in [-0.2, 0) is 4.79 Å². The van der Waals surface area contributed by atoms with E-state index in [4.69, 9.17) is 10.2 Å². The first kappa shape index (κ1) is 12.6. The maximum absolute atomic E-state index is 11.4. The quantitative estimate of drug-likeness (QED) is 0.528. The van der Waals surface area contributed by atoms with E-state index in [1.165, 1.54) is 0 Å². The van der Waals surface area contributed by atoms with Crippen LogP contribution in [0.5, 0.6) is 0 Å². The van der Waals surface area contributed by atoms with Gasteiger partial charge in [0.2, 0.25) is 5.91 Å². The Hall–Kier alpha value is -1.43. The highest BCUT2D eigenvalue weighted by molar-refractivity contribution is 5.92. The van der Waals surface area contributed by atoms with Crippen LogP contribution in [0.15, 0.2) is 30.3 Å². The van der Waals surface area contributed by atoms with E-state index in [0.29, 0.717) is 0 Å². The Morgan fingerprint density at radius 2 is 1.81 bits per heavy atom. The molecule has 1 aromatic carbocycles. The first-order chi connectivity index (χ1) is 7.76. The summed E-state index contributed by atoms with van der Waals surface area (Å²) in [5.74, 6) is -0.210. The van der Waals surface area contributed by atoms with Gasteiger partial charge in [0.1, 0.15) is 0 Å². The summed E-state index contributed by atoms with van der Waals surface area (Å²) < 4.78 is 0. The molecule has 0 atom stereocenters. The van der Waals surface area contributed by atoms with Gasteiger partial charge in [-0.25, -0.2) is 0 Å². The highest BCUT2D eigenvalue weighted by atomic mass is 16.3. The van der Waals surface area contributed by atoms with Gasteiger partial charge in [0.05, 0.1) is 25.8 Å². The standard InChI is InChI=1S/C11H16N2O3/c14-7-10(8-15)12-6-11(16)13-9-4-2-1-3-5-9/h1-5,10,12,14-15H,6-8H2,(H,13,16). The highest BCUT2D eigenvalue weighted by Crippen LogP contribution is 2.03. The Balaban J connectivity index is 2.31. The lowest BCUT2D eigenvalue weighted by atomic mass is 10.3. The van der Waals surface area contributed by atoms with Gasteiger partial charge < -0.3 is 20.8 Å². The molecule has 0 radical (unpaired) electrons. The van der Waals surface area contributed by atoms with Crippen molar-refractivity contribution in [3.05, 3.63) is 30.3 Å². The number of aliphatic hydroxyl groups excluding tert-OH is 2. The zero-order chi connectivity index (χ0) is 11.8. The maximum Gasteiger partial charge on any atom is 0.238 e. The molecule has 0 saturated carbocycles. The van der Waals surface area contributed by atoms with Crippen molar-refractivity contribution in [1.29, 1.82) is 0 Å². The zero-order valence-corrected chi connectivity index (χ0v) is 8.89. The number of hydrogen-bond acceptors (Lipinski definition) is 4. The molecule has 5 heteroatoms. The molecule has 0 spiro atoms. The van der Waals surface area contributed by atoms with E-state index in [1.54, 1.807) is 12.1 Å². The fraction of sp³-hybridized carbons (Fsp3) is 0.364. The molecule has 16 heavy (non-hydrogen) atoms. The predicted molar refractivity (Wildman–Crippen MR) is 61.0 cm³/mol. The summed E-state index contributed by atoms with van der Waals surface area (Å²) in [6.45, 7) is -0.342. The fourth-order valence-electron chi connectivity index (χ4n) is 1.15. The van der Waals surface area contributed by atoms with Crippen molar-refractivity contribution >= 4 is 11.6 Å². The van der Waals surface area contributed by atoms with Crippen molar-refractivity contribution in [3.8, 4) is 0 Å². The second kappa shape index (κ2) is 6.95. The third kappa shape index (κ3) is 4.39. The Labute approximate surface area is 94.1 Å². The summed E-state index contributed by atoms with van der Waals surface area (Å²) in [5, 5.41) is 23.0. The molecule has 0 bridgehead atoms. The molecule has 0 aromatic heterocycles. The molecule has 0 aliphatic rings. The molecule has 1 rings (SSSR count). The second-order valence-electron chi connectivity index (χ2n) is 3.36. The lowest BCUT2D eigenvalue weighted by Gasteiger charge is -2.12. The second-order valence-corrected chi connectivity index (χ2v) is 3.36. The van der Waals surface area contributed by atoms with Gasteiger partial charge in [-0.2, -0.15) is 0 Å². The molecule has 1 amide bonds. The number of amides is 1. The maximum atomic E-state index is 11.4. The Morgan fingerprint density at radius 3 is 2.38 bits per heavy atom. The number of para-hydroxylation sites is 1. The molecule has 0 saturated heterocycles. The summed E-state index contributed by atoms with van der Waals surface area (Å²) in [6, 6.07) is 8.63. The summed E-state index contributed by atoms with van der Waals surface area (Å²) >= 11 is 0. The van der Waals surface area contributed by atoms with Crippen molar-refractivity contribution < 1.29 is 15.0 Å². The number of anilines is 1. The van der Waals surface area contributed by atoms with Gasteiger partial charge >= 0.3 is 0 Å². The number of benzene rings is 1. The van der Waals surface area contributed by atoms with E-state index in [-0.39, 0.29) is 25.7 Å². The zero-order valence-electron chi connectivity index (χ0n) is 8.89. The Kier molecular flexibility index (Phi) is 5.49. The van der Waals surface area contributed by atoms with Crippen LogP contribution in [0, 0.1) is 0 Å². The van der Waals surface area contributed by atoms with Crippen LogP contribution < -0.4 is 10.6 Å². The van der Waals surface area contributed by atoms with Crippen LogP contribution in [0.25, 0.3) is 0 Å². The van der Waals surface area contributed by atoms with E-state index in [0.717, 1.165) is 5.69 Å². The minimum absolute atomic E-state index is 0.0562. The molecule has 1 aromatic rings. The van der Waals surface area contributed by atoms with Crippen molar-refractivity contribution in [2.45, 2.75) is 6.04 Å². The molecule has 0 heterocycles. The first-order valence-electron chi connectivity index (χ1n) is 5.06. The minimum atomic E-state index is -0.457. The van der Waals surface area contributed by atoms with Crippen LogP contribution in [0.2, 0.25) is 0 Å². The summed E-state index contributed by atoms with van der Waals surface area (Å²) in [6.07, 6.45) is 0.